The van der Waals surface area contributed by atoms with E-state index in [-0.39, 0.29) is 75.9 Å². The Bertz CT molecular complexity index is 994. The molecule has 0 rings (SSSR count). The van der Waals surface area contributed by atoms with Gasteiger partial charge in [-0.1, -0.05) is 0 Å². The van der Waals surface area contributed by atoms with E-state index in [0.29, 0.717) is 13.0 Å². The maximum Gasteiger partial charge on any atom is 0.326 e. The van der Waals surface area contributed by atoms with Crippen LogP contribution in [0.1, 0.15) is 51.4 Å². The second-order valence-electron chi connectivity index (χ2n) is 9.58. The number of nitrogens with one attached hydrogen (secondary N) is 9. The van der Waals surface area contributed by atoms with Crippen LogP contribution in [0, 0.1) is 16.2 Å². The van der Waals surface area contributed by atoms with Crippen LogP contribution in [-0.2, 0) is 24.0 Å². The molecular weight excluding hydrogens is 568 g/mol. The van der Waals surface area contributed by atoms with E-state index < -0.39 is 53.8 Å². The van der Waals surface area contributed by atoms with E-state index in [9.17, 15) is 29.1 Å². The van der Waals surface area contributed by atoms with Gasteiger partial charge in [-0.15, -0.1) is 0 Å². The molecule has 0 saturated heterocycles. The number of rotatable bonds is 22. The minimum absolute atomic E-state index is 0.00473. The predicted molar refractivity (Wildman–Crippen MR) is 157 cm³/mol. The summed E-state index contributed by atoms with van der Waals surface area (Å²) in [6.45, 7) is 0.685. The van der Waals surface area contributed by atoms with Gasteiger partial charge in [0.05, 0.1) is 6.04 Å². The number of guanidine groups is 3. The third-order valence-electron chi connectivity index (χ3n) is 5.87. The topological polar surface area (TPSA) is 379 Å². The molecule has 0 aliphatic rings. The second-order valence-corrected chi connectivity index (χ2v) is 9.58. The minimum Gasteiger partial charge on any atom is -0.480 e. The van der Waals surface area contributed by atoms with Crippen LogP contribution in [-0.4, -0.2) is 96.4 Å². The molecule has 0 aromatic heterocycles. The number of carbonyl (C=O) groups excluding carboxylic acids is 4. The molecule has 0 saturated carbocycles. The summed E-state index contributed by atoms with van der Waals surface area (Å²) >= 11 is 0. The van der Waals surface area contributed by atoms with Gasteiger partial charge in [0.1, 0.15) is 18.1 Å². The number of carboxylic acid groups (broad SMARTS) is 1. The molecule has 20 N–H and O–H groups in total. The van der Waals surface area contributed by atoms with Crippen molar-refractivity contribution in [2.45, 2.75) is 75.5 Å². The van der Waals surface area contributed by atoms with E-state index in [1.165, 1.54) is 0 Å². The quantitative estimate of drug-likeness (QED) is 0.0308. The molecule has 0 radical (unpaired) electrons. The van der Waals surface area contributed by atoms with Crippen LogP contribution in [0.25, 0.3) is 0 Å². The van der Waals surface area contributed by atoms with Crippen LogP contribution in [0.5, 0.6) is 0 Å². The third-order valence-corrected chi connectivity index (χ3v) is 5.87. The molecule has 4 atom stereocenters. The maximum absolute atomic E-state index is 13.3. The van der Waals surface area contributed by atoms with Crippen molar-refractivity contribution in [3.63, 3.8) is 0 Å². The second kappa shape index (κ2) is 20.9. The zero-order valence-corrected chi connectivity index (χ0v) is 24.0. The average Bonchev–Trinajstić information content (AvgIpc) is 2.91. The molecule has 43 heavy (non-hydrogen) atoms. The summed E-state index contributed by atoms with van der Waals surface area (Å²) in [5, 5.41) is 46.3. The molecule has 0 unspecified atom stereocenters. The number of carbonyl (C=O) groups is 5. The molecule has 0 aliphatic carbocycles. The highest BCUT2D eigenvalue weighted by Gasteiger charge is 2.30. The van der Waals surface area contributed by atoms with Crippen molar-refractivity contribution in [3.05, 3.63) is 0 Å². The Kier molecular flexibility index (Phi) is 18.5. The lowest BCUT2D eigenvalue weighted by molar-refractivity contribution is -0.142. The highest BCUT2D eigenvalue weighted by Crippen LogP contribution is 2.06. The van der Waals surface area contributed by atoms with Gasteiger partial charge in [0, 0.05) is 26.1 Å². The molecule has 0 aromatic carbocycles. The molecule has 0 fully saturated rings. The highest BCUT2D eigenvalue weighted by atomic mass is 16.4. The Morgan fingerprint density at radius 3 is 1.33 bits per heavy atom. The van der Waals surface area contributed by atoms with Crippen molar-refractivity contribution in [2.75, 3.05) is 19.6 Å². The number of hydrogen-bond donors (Lipinski definition) is 15. The van der Waals surface area contributed by atoms with Gasteiger partial charge in [-0.3, -0.25) is 35.4 Å². The number of aliphatic carboxylic acids is 1. The van der Waals surface area contributed by atoms with Crippen LogP contribution in [0.3, 0.4) is 0 Å². The Hall–Kier alpha value is -4.88. The molecular formula is C23H46N14O6. The van der Waals surface area contributed by atoms with Gasteiger partial charge in [0.25, 0.3) is 0 Å². The van der Waals surface area contributed by atoms with Crippen LogP contribution in [0.15, 0.2) is 0 Å². The van der Waals surface area contributed by atoms with Gasteiger partial charge in [-0.25, -0.2) is 4.79 Å². The summed E-state index contributed by atoms with van der Waals surface area (Å²) in [6, 6.07) is -4.90. The lowest BCUT2D eigenvalue weighted by Gasteiger charge is -2.25. The van der Waals surface area contributed by atoms with Crippen molar-refractivity contribution < 1.29 is 29.1 Å². The molecule has 0 aliphatic heterocycles. The fourth-order valence-corrected chi connectivity index (χ4v) is 3.64. The van der Waals surface area contributed by atoms with Crippen molar-refractivity contribution >= 4 is 47.5 Å². The molecule has 0 aromatic rings. The molecule has 20 heteroatoms. The monoisotopic (exact) mass is 614 g/mol. The van der Waals surface area contributed by atoms with Crippen molar-refractivity contribution in [2.24, 2.45) is 28.7 Å². The Balaban J connectivity index is 5.69. The fourth-order valence-electron chi connectivity index (χ4n) is 3.64. The summed E-state index contributed by atoms with van der Waals surface area (Å²) in [7, 11) is 0. The smallest absolute Gasteiger partial charge is 0.326 e. The molecule has 244 valence electrons. The highest BCUT2D eigenvalue weighted by molar-refractivity contribution is 5.94. The standard InChI is InChI=1S/C23H46N14O6/c24-12(4-1-9-32-21(26)27)17(39)35-13(5-2-10-33-22(28)29)18(40)36-14(6-3-11-34-23(30)31)19(41)37-15(20(42)43)7-8-16(25)38/h12-15H,1-11,24H2,(H2,25,38)(H,35,39)(H,36,40)(H,37,41)(H,42,43)(H4,26,27,32)(H4,28,29,33)(H4,30,31,34)/t12-,13-,14-,15-/m0/s1. The number of carboxylic acids is 1. The Labute approximate surface area is 248 Å². The number of amides is 4. The van der Waals surface area contributed by atoms with Crippen LogP contribution in [0.4, 0.5) is 0 Å². The normalized spacial score (nSPS) is 13.2. The minimum atomic E-state index is -1.46. The van der Waals surface area contributed by atoms with E-state index in [2.05, 4.69) is 31.9 Å². The van der Waals surface area contributed by atoms with E-state index in [4.69, 9.17) is 44.9 Å². The van der Waals surface area contributed by atoms with Crippen molar-refractivity contribution in [1.29, 1.82) is 16.2 Å². The molecule has 20 nitrogen and oxygen atoms in total. The molecule has 0 spiro atoms. The fraction of sp³-hybridized carbons (Fsp3) is 0.652. The zero-order valence-electron chi connectivity index (χ0n) is 24.0. The first kappa shape index (κ1) is 38.1. The maximum atomic E-state index is 13.3. The summed E-state index contributed by atoms with van der Waals surface area (Å²) in [4.78, 5) is 61.9. The van der Waals surface area contributed by atoms with Gasteiger partial charge in [0.15, 0.2) is 17.9 Å². The van der Waals surface area contributed by atoms with Crippen molar-refractivity contribution in [1.82, 2.24) is 31.9 Å². The Morgan fingerprint density at radius 1 is 0.581 bits per heavy atom. The largest absolute Gasteiger partial charge is 0.480 e. The first-order chi connectivity index (χ1) is 20.1. The van der Waals surface area contributed by atoms with Crippen LogP contribution < -0.4 is 60.6 Å². The van der Waals surface area contributed by atoms with Gasteiger partial charge < -0.3 is 65.7 Å². The van der Waals surface area contributed by atoms with E-state index in [0.717, 1.165) is 0 Å². The number of nitrogens with two attached hydrogens (primary N) is 5. The predicted octanol–water partition coefficient (Wildman–Crippen LogP) is -5.09. The molecule has 0 heterocycles. The van der Waals surface area contributed by atoms with Gasteiger partial charge >= 0.3 is 5.97 Å². The average molecular weight is 615 g/mol. The van der Waals surface area contributed by atoms with Crippen molar-refractivity contribution in [3.8, 4) is 0 Å². The van der Waals surface area contributed by atoms with E-state index in [1.54, 1.807) is 0 Å². The number of hydrogen-bond acceptors (Lipinski definition) is 9. The molecule has 4 amide bonds. The lowest BCUT2D eigenvalue weighted by Crippen LogP contribution is -2.57. The van der Waals surface area contributed by atoms with Gasteiger partial charge in [-0.05, 0) is 44.9 Å². The summed E-state index contributed by atoms with van der Waals surface area (Å²) in [5.74, 6) is -5.25. The van der Waals surface area contributed by atoms with E-state index in [1.807, 2.05) is 0 Å². The SMILES string of the molecule is N=C(N)NCCC[C@H](NC(=O)[C@H](CCCNC(=N)N)NC(=O)[C@@H](N)CCCNC(=N)N)C(=O)N[C@@H](CCC(N)=O)C(=O)O. The van der Waals surface area contributed by atoms with Crippen LogP contribution in [0.2, 0.25) is 0 Å². The van der Waals surface area contributed by atoms with Gasteiger partial charge in [-0.2, -0.15) is 0 Å². The lowest BCUT2D eigenvalue weighted by atomic mass is 10.0. The summed E-state index contributed by atoms with van der Waals surface area (Å²) in [6.07, 6.45) is 0.614. The molecule has 0 bridgehead atoms. The summed E-state index contributed by atoms with van der Waals surface area (Å²) < 4.78 is 0. The third kappa shape index (κ3) is 19.0. The summed E-state index contributed by atoms with van der Waals surface area (Å²) in [5.41, 5.74) is 26.8. The van der Waals surface area contributed by atoms with E-state index >= 15 is 0 Å². The first-order valence-corrected chi connectivity index (χ1v) is 13.6. The first-order valence-electron chi connectivity index (χ1n) is 13.6. The zero-order chi connectivity index (χ0) is 32.9. The number of primary amides is 1. The van der Waals surface area contributed by atoms with Gasteiger partial charge in [0.2, 0.25) is 23.6 Å². The Morgan fingerprint density at radius 2 is 0.953 bits per heavy atom. The van der Waals surface area contributed by atoms with Crippen LogP contribution >= 0.6 is 0 Å².